The van der Waals surface area contributed by atoms with Gasteiger partial charge in [0.1, 0.15) is 5.60 Å². The minimum Gasteiger partial charge on any atom is -0.468 e. The van der Waals surface area contributed by atoms with E-state index >= 15 is 0 Å². The van der Waals surface area contributed by atoms with Gasteiger partial charge in [0.25, 0.3) is 0 Å². The number of hydrogen-bond donors (Lipinski definition) is 0. The summed E-state index contributed by atoms with van der Waals surface area (Å²) in [5.41, 5.74) is -1.67. The van der Waals surface area contributed by atoms with E-state index in [0.717, 1.165) is 18.4 Å². The maximum absolute atomic E-state index is 12.7. The van der Waals surface area contributed by atoms with Gasteiger partial charge in [-0.05, 0) is 32.1 Å². The summed E-state index contributed by atoms with van der Waals surface area (Å²) in [5, 5.41) is 0. The van der Waals surface area contributed by atoms with Crippen molar-refractivity contribution in [3.63, 3.8) is 0 Å². The van der Waals surface area contributed by atoms with Crippen molar-refractivity contribution in [3.8, 4) is 0 Å². The molecule has 6 heteroatoms. The Kier molecular flexibility index (Phi) is 3.54. The second-order valence-corrected chi connectivity index (χ2v) is 7.02. The van der Waals surface area contributed by atoms with Crippen LogP contribution in [0.2, 0.25) is 0 Å². The van der Waals surface area contributed by atoms with Gasteiger partial charge in [0.15, 0.2) is 5.41 Å². The van der Waals surface area contributed by atoms with Gasteiger partial charge in [-0.1, -0.05) is 12.2 Å². The molecule has 3 fully saturated rings. The number of rotatable bonds is 2. The van der Waals surface area contributed by atoms with Crippen molar-refractivity contribution in [1.29, 1.82) is 0 Å². The average molecular weight is 322 g/mol. The zero-order valence-electron chi connectivity index (χ0n) is 13.7. The van der Waals surface area contributed by atoms with E-state index in [1.807, 2.05) is 6.92 Å². The number of methoxy groups -OCH3 is 2. The minimum atomic E-state index is -1.49. The molecule has 4 bridgehead atoms. The lowest BCUT2D eigenvalue weighted by atomic mass is 9.46. The standard InChI is InChI=1S/C17H22O6/c1-9-8-17(14(19)21-3,15(20)22-4)13-10-5-6-11(9)16(13,2)23-12(18)7-10/h10-11,13H,1,5-8H2,2-4H3/t10-,11-,13?,16-/m1/s1. The summed E-state index contributed by atoms with van der Waals surface area (Å²) in [5.74, 6) is -2.14. The largest absolute Gasteiger partial charge is 0.468 e. The third-order valence-corrected chi connectivity index (χ3v) is 6.00. The highest BCUT2D eigenvalue weighted by atomic mass is 16.6. The second-order valence-electron chi connectivity index (χ2n) is 7.02. The maximum Gasteiger partial charge on any atom is 0.324 e. The molecule has 0 aromatic rings. The van der Waals surface area contributed by atoms with Crippen molar-refractivity contribution in [2.24, 2.45) is 23.2 Å². The van der Waals surface area contributed by atoms with Crippen LogP contribution in [-0.4, -0.2) is 37.7 Å². The summed E-state index contributed by atoms with van der Waals surface area (Å²) in [6.45, 7) is 5.89. The molecule has 0 aromatic carbocycles. The molecule has 1 saturated heterocycles. The summed E-state index contributed by atoms with van der Waals surface area (Å²) < 4.78 is 15.7. The van der Waals surface area contributed by atoms with Crippen LogP contribution < -0.4 is 0 Å². The molecular weight excluding hydrogens is 300 g/mol. The number of hydrogen-bond acceptors (Lipinski definition) is 6. The Bertz CT molecular complexity index is 578. The van der Waals surface area contributed by atoms with Gasteiger partial charge >= 0.3 is 17.9 Å². The molecule has 3 aliphatic rings. The highest BCUT2D eigenvalue weighted by Gasteiger charge is 2.71. The van der Waals surface area contributed by atoms with Crippen LogP contribution in [0.1, 0.15) is 32.6 Å². The van der Waals surface area contributed by atoms with Crippen LogP contribution in [0.3, 0.4) is 0 Å². The van der Waals surface area contributed by atoms with E-state index in [2.05, 4.69) is 6.58 Å². The van der Waals surface area contributed by atoms with Crippen LogP contribution in [0.15, 0.2) is 12.2 Å². The zero-order chi connectivity index (χ0) is 17.0. The first-order valence-electron chi connectivity index (χ1n) is 7.87. The third kappa shape index (κ3) is 1.90. The molecule has 1 aliphatic heterocycles. The van der Waals surface area contributed by atoms with Gasteiger partial charge in [0.2, 0.25) is 0 Å². The smallest absolute Gasteiger partial charge is 0.324 e. The number of carbonyl (C=O) groups is 3. The number of ether oxygens (including phenoxy) is 3. The average Bonchev–Trinajstić information content (AvgIpc) is 2.48. The Morgan fingerprint density at radius 1 is 1.22 bits per heavy atom. The van der Waals surface area contributed by atoms with Crippen molar-refractivity contribution in [3.05, 3.63) is 12.2 Å². The molecule has 126 valence electrons. The van der Waals surface area contributed by atoms with Gasteiger partial charge < -0.3 is 14.2 Å². The molecule has 0 N–H and O–H groups in total. The van der Waals surface area contributed by atoms with Crippen molar-refractivity contribution in [1.82, 2.24) is 0 Å². The lowest BCUT2D eigenvalue weighted by Gasteiger charge is -2.61. The number of esters is 3. The molecule has 23 heavy (non-hydrogen) atoms. The molecule has 6 nitrogen and oxygen atoms in total. The normalized spacial score (nSPS) is 37.6. The van der Waals surface area contributed by atoms with E-state index in [9.17, 15) is 14.4 Å². The Labute approximate surface area is 135 Å². The van der Waals surface area contributed by atoms with E-state index in [1.165, 1.54) is 14.2 Å². The fourth-order valence-electron chi connectivity index (χ4n) is 5.31. The van der Waals surface area contributed by atoms with E-state index in [-0.39, 0.29) is 30.6 Å². The number of carbonyl (C=O) groups excluding carboxylic acids is 3. The van der Waals surface area contributed by atoms with Gasteiger partial charge in [-0.25, -0.2) is 0 Å². The predicted octanol–water partition coefficient (Wildman–Crippen LogP) is 1.63. The van der Waals surface area contributed by atoms with Gasteiger partial charge in [0.05, 0.1) is 14.2 Å². The Morgan fingerprint density at radius 3 is 2.39 bits per heavy atom. The van der Waals surface area contributed by atoms with Gasteiger partial charge in [0, 0.05) is 18.3 Å². The molecule has 1 unspecified atom stereocenters. The monoisotopic (exact) mass is 322 g/mol. The fraction of sp³-hybridized carbons (Fsp3) is 0.706. The highest BCUT2D eigenvalue weighted by molar-refractivity contribution is 6.01. The first-order chi connectivity index (χ1) is 10.8. The summed E-state index contributed by atoms with van der Waals surface area (Å²) >= 11 is 0. The van der Waals surface area contributed by atoms with E-state index in [4.69, 9.17) is 14.2 Å². The predicted molar refractivity (Wildman–Crippen MR) is 79.0 cm³/mol. The fourth-order valence-corrected chi connectivity index (χ4v) is 5.31. The van der Waals surface area contributed by atoms with Crippen LogP contribution in [0.4, 0.5) is 0 Å². The highest BCUT2D eigenvalue weighted by Crippen LogP contribution is 2.63. The van der Waals surface area contributed by atoms with Crippen LogP contribution in [0, 0.1) is 23.2 Å². The Hall–Kier alpha value is -1.85. The lowest BCUT2D eigenvalue weighted by molar-refractivity contribution is -0.235. The molecule has 0 aromatic heterocycles. The topological polar surface area (TPSA) is 78.9 Å². The Morgan fingerprint density at radius 2 is 1.83 bits per heavy atom. The maximum atomic E-state index is 12.7. The van der Waals surface area contributed by atoms with E-state index in [1.54, 1.807) is 0 Å². The van der Waals surface area contributed by atoms with Gasteiger partial charge in [-0.3, -0.25) is 14.4 Å². The third-order valence-electron chi connectivity index (χ3n) is 6.00. The molecule has 2 aliphatic carbocycles. The lowest BCUT2D eigenvalue weighted by Crippen LogP contribution is -2.69. The van der Waals surface area contributed by atoms with Gasteiger partial charge in [-0.15, -0.1) is 0 Å². The molecule has 2 saturated carbocycles. The minimum absolute atomic E-state index is 0.0459. The molecule has 0 amide bonds. The van der Waals surface area contributed by atoms with Crippen LogP contribution in [0.5, 0.6) is 0 Å². The van der Waals surface area contributed by atoms with Crippen molar-refractivity contribution < 1.29 is 28.6 Å². The summed E-state index contributed by atoms with van der Waals surface area (Å²) in [6.07, 6.45) is 2.01. The second kappa shape index (κ2) is 5.08. The summed E-state index contributed by atoms with van der Waals surface area (Å²) in [4.78, 5) is 37.4. The van der Waals surface area contributed by atoms with Crippen molar-refractivity contribution >= 4 is 17.9 Å². The van der Waals surface area contributed by atoms with Crippen LogP contribution >= 0.6 is 0 Å². The van der Waals surface area contributed by atoms with Crippen LogP contribution in [0.25, 0.3) is 0 Å². The summed E-state index contributed by atoms with van der Waals surface area (Å²) in [6, 6.07) is 0. The molecule has 0 spiro atoms. The molecule has 3 rings (SSSR count). The first-order valence-corrected chi connectivity index (χ1v) is 7.87. The van der Waals surface area contributed by atoms with Crippen molar-refractivity contribution in [2.45, 2.75) is 38.2 Å². The SMILES string of the molecule is C=C1CC(C(=O)OC)(C(=O)OC)C2[C@@H]3CC[C@H]1[C@@]2(C)OC(=O)C3. The molecule has 0 radical (unpaired) electrons. The molecule has 4 atom stereocenters. The first kappa shape index (κ1) is 16.0. The van der Waals surface area contributed by atoms with E-state index < -0.39 is 28.9 Å². The Balaban J connectivity index is 2.21. The van der Waals surface area contributed by atoms with E-state index in [0.29, 0.717) is 0 Å². The molecular formula is C17H22O6. The van der Waals surface area contributed by atoms with Crippen molar-refractivity contribution in [2.75, 3.05) is 14.2 Å². The van der Waals surface area contributed by atoms with Crippen LogP contribution in [-0.2, 0) is 28.6 Å². The summed E-state index contributed by atoms with van der Waals surface area (Å²) in [7, 11) is 2.52. The zero-order valence-corrected chi connectivity index (χ0v) is 13.7. The van der Waals surface area contributed by atoms with Gasteiger partial charge in [-0.2, -0.15) is 0 Å². The molecule has 1 heterocycles. The quantitative estimate of drug-likeness (QED) is 0.333.